The SMILES string of the molecule is O=C(CCNS(=O)(=O)c1ccc(OC(F)(F)F)cc1)NC1CCN(c2ncccn2)CC1. The highest BCUT2D eigenvalue weighted by Crippen LogP contribution is 2.23. The van der Waals surface area contributed by atoms with Gasteiger partial charge < -0.3 is 15.0 Å². The van der Waals surface area contributed by atoms with Crippen LogP contribution in [0.4, 0.5) is 19.1 Å². The molecule has 0 bridgehead atoms. The van der Waals surface area contributed by atoms with Crippen LogP contribution in [0.15, 0.2) is 47.6 Å². The molecule has 1 aromatic carbocycles. The van der Waals surface area contributed by atoms with Crippen molar-refractivity contribution in [2.24, 2.45) is 0 Å². The maximum Gasteiger partial charge on any atom is 0.573 e. The molecule has 32 heavy (non-hydrogen) atoms. The van der Waals surface area contributed by atoms with Crippen molar-refractivity contribution < 1.29 is 31.1 Å². The summed E-state index contributed by atoms with van der Waals surface area (Å²) in [6, 6.07) is 5.51. The van der Waals surface area contributed by atoms with Crippen LogP contribution in [0.3, 0.4) is 0 Å². The number of hydrogen-bond donors (Lipinski definition) is 2. The lowest BCUT2D eigenvalue weighted by atomic mass is 10.1. The highest BCUT2D eigenvalue weighted by atomic mass is 32.2. The number of ether oxygens (including phenoxy) is 1. The second-order valence-electron chi connectivity index (χ2n) is 7.04. The molecule has 0 radical (unpaired) electrons. The van der Waals surface area contributed by atoms with Crippen LogP contribution in [0, 0.1) is 0 Å². The van der Waals surface area contributed by atoms with Gasteiger partial charge in [0.05, 0.1) is 4.90 Å². The Morgan fingerprint density at radius 2 is 1.75 bits per heavy atom. The number of carbonyl (C=O) groups excluding carboxylic acids is 1. The zero-order valence-corrected chi connectivity index (χ0v) is 17.7. The Kier molecular flexibility index (Phi) is 7.51. The highest BCUT2D eigenvalue weighted by Gasteiger charge is 2.31. The predicted molar refractivity (Wildman–Crippen MR) is 108 cm³/mol. The van der Waals surface area contributed by atoms with E-state index in [2.05, 4.69) is 24.7 Å². The Morgan fingerprint density at radius 1 is 1.12 bits per heavy atom. The Morgan fingerprint density at radius 3 is 2.34 bits per heavy atom. The lowest BCUT2D eigenvalue weighted by Gasteiger charge is -2.32. The van der Waals surface area contributed by atoms with Gasteiger partial charge in [-0.3, -0.25) is 4.79 Å². The van der Waals surface area contributed by atoms with Gasteiger partial charge >= 0.3 is 6.36 Å². The second kappa shape index (κ2) is 10.1. The quantitative estimate of drug-likeness (QED) is 0.601. The number of sulfonamides is 1. The average Bonchev–Trinajstić information content (AvgIpc) is 2.74. The Bertz CT molecular complexity index is 996. The van der Waals surface area contributed by atoms with Gasteiger partial charge in [0.1, 0.15) is 5.75 Å². The summed E-state index contributed by atoms with van der Waals surface area (Å²) in [5, 5.41) is 2.88. The van der Waals surface area contributed by atoms with E-state index in [1.54, 1.807) is 18.5 Å². The zero-order valence-electron chi connectivity index (χ0n) is 16.9. The molecular weight excluding hydrogens is 451 g/mol. The Balaban J connectivity index is 1.40. The largest absolute Gasteiger partial charge is 0.573 e. The van der Waals surface area contributed by atoms with Crippen molar-refractivity contribution in [2.45, 2.75) is 36.6 Å². The summed E-state index contributed by atoms with van der Waals surface area (Å²) in [4.78, 5) is 22.4. The van der Waals surface area contributed by atoms with E-state index in [1.165, 1.54) is 0 Å². The zero-order chi connectivity index (χ0) is 23.2. The molecular formula is C19H22F3N5O4S. The van der Waals surface area contributed by atoms with E-state index in [0.29, 0.717) is 31.9 Å². The topological polar surface area (TPSA) is 114 Å². The number of anilines is 1. The van der Waals surface area contributed by atoms with E-state index in [9.17, 15) is 26.4 Å². The fraction of sp³-hybridized carbons (Fsp3) is 0.421. The molecule has 9 nitrogen and oxygen atoms in total. The molecule has 1 amide bonds. The highest BCUT2D eigenvalue weighted by molar-refractivity contribution is 7.89. The second-order valence-corrected chi connectivity index (χ2v) is 8.81. The van der Waals surface area contributed by atoms with Gasteiger partial charge in [-0.05, 0) is 43.2 Å². The van der Waals surface area contributed by atoms with E-state index >= 15 is 0 Å². The first-order chi connectivity index (χ1) is 15.1. The van der Waals surface area contributed by atoms with E-state index in [0.717, 1.165) is 24.3 Å². The maximum absolute atomic E-state index is 12.2. The summed E-state index contributed by atoms with van der Waals surface area (Å²) < 4.78 is 67.0. The number of hydrogen-bond acceptors (Lipinski definition) is 7. The van der Waals surface area contributed by atoms with Crippen LogP contribution in [-0.2, 0) is 14.8 Å². The molecule has 1 aromatic heterocycles. The number of alkyl halides is 3. The lowest BCUT2D eigenvalue weighted by molar-refractivity contribution is -0.274. The van der Waals surface area contributed by atoms with Crippen LogP contribution in [-0.4, -0.2) is 56.3 Å². The van der Waals surface area contributed by atoms with Crippen molar-refractivity contribution in [1.29, 1.82) is 0 Å². The number of nitrogens with one attached hydrogen (secondary N) is 2. The van der Waals surface area contributed by atoms with Gasteiger partial charge in [0.2, 0.25) is 21.9 Å². The minimum Gasteiger partial charge on any atom is -0.406 e. The normalized spacial score (nSPS) is 15.4. The number of rotatable bonds is 8. The van der Waals surface area contributed by atoms with Crippen molar-refractivity contribution in [3.05, 3.63) is 42.7 Å². The van der Waals surface area contributed by atoms with E-state index in [-0.39, 0.29) is 29.8 Å². The first-order valence-corrected chi connectivity index (χ1v) is 11.3. The fourth-order valence-electron chi connectivity index (χ4n) is 3.18. The molecule has 2 aromatic rings. The van der Waals surface area contributed by atoms with E-state index in [1.807, 2.05) is 4.90 Å². The Hall–Kier alpha value is -2.93. The van der Waals surface area contributed by atoms with Crippen molar-refractivity contribution in [3.63, 3.8) is 0 Å². The molecule has 0 aliphatic carbocycles. The van der Waals surface area contributed by atoms with Crippen molar-refractivity contribution >= 4 is 21.9 Å². The summed E-state index contributed by atoms with van der Waals surface area (Å²) in [6.45, 7) is 1.23. The molecule has 2 N–H and O–H groups in total. The van der Waals surface area contributed by atoms with Gasteiger partial charge in [0.25, 0.3) is 0 Å². The molecule has 1 saturated heterocycles. The van der Waals surface area contributed by atoms with Crippen LogP contribution in [0.5, 0.6) is 5.75 Å². The third-order valence-electron chi connectivity index (χ3n) is 4.71. The molecule has 1 aliphatic rings. The first kappa shape index (κ1) is 23.7. The Labute approximate surface area is 183 Å². The summed E-state index contributed by atoms with van der Waals surface area (Å²) in [7, 11) is -3.97. The van der Waals surface area contributed by atoms with Crippen LogP contribution in [0.1, 0.15) is 19.3 Å². The lowest BCUT2D eigenvalue weighted by Crippen LogP contribution is -2.45. The standard InChI is InChI=1S/C19H22F3N5O4S/c20-19(21,22)31-15-2-4-16(5-3-15)32(29,30)25-11-6-17(28)26-14-7-12-27(13-8-14)18-23-9-1-10-24-18/h1-5,9-10,14,25H,6-8,11-13H2,(H,26,28). The van der Waals surface area contributed by atoms with Gasteiger partial charge in [0.15, 0.2) is 0 Å². The van der Waals surface area contributed by atoms with E-state index in [4.69, 9.17) is 0 Å². The molecule has 1 aliphatic heterocycles. The monoisotopic (exact) mass is 473 g/mol. The molecule has 0 saturated carbocycles. The first-order valence-electron chi connectivity index (χ1n) is 9.79. The van der Waals surface area contributed by atoms with Crippen molar-refractivity contribution in [3.8, 4) is 5.75 Å². The van der Waals surface area contributed by atoms with Crippen LogP contribution >= 0.6 is 0 Å². The number of amides is 1. The average molecular weight is 473 g/mol. The molecule has 1 fully saturated rings. The van der Waals surface area contributed by atoms with Gasteiger partial charge in [-0.1, -0.05) is 0 Å². The predicted octanol–water partition coefficient (Wildman–Crippen LogP) is 1.83. The van der Waals surface area contributed by atoms with Crippen molar-refractivity contribution in [2.75, 3.05) is 24.5 Å². The van der Waals surface area contributed by atoms with Gasteiger partial charge in [0, 0.05) is 44.5 Å². The van der Waals surface area contributed by atoms with Gasteiger partial charge in [-0.25, -0.2) is 23.1 Å². The smallest absolute Gasteiger partial charge is 0.406 e. The number of halogens is 3. The number of nitrogens with zero attached hydrogens (tertiary/aromatic N) is 3. The molecule has 2 heterocycles. The van der Waals surface area contributed by atoms with Gasteiger partial charge in [-0.15, -0.1) is 13.2 Å². The van der Waals surface area contributed by atoms with Crippen LogP contribution in [0.2, 0.25) is 0 Å². The van der Waals surface area contributed by atoms with Crippen LogP contribution in [0.25, 0.3) is 0 Å². The molecule has 0 unspecified atom stereocenters. The number of piperidine rings is 1. The minimum absolute atomic E-state index is 0.0275. The molecule has 0 atom stereocenters. The fourth-order valence-corrected chi connectivity index (χ4v) is 4.21. The molecule has 0 spiro atoms. The van der Waals surface area contributed by atoms with Gasteiger partial charge in [-0.2, -0.15) is 0 Å². The molecule has 13 heteroatoms. The number of benzene rings is 1. The maximum atomic E-state index is 12.2. The molecule has 3 rings (SSSR count). The van der Waals surface area contributed by atoms with Crippen molar-refractivity contribution in [1.82, 2.24) is 20.0 Å². The minimum atomic E-state index is -4.86. The van der Waals surface area contributed by atoms with Crippen LogP contribution < -0.4 is 19.7 Å². The summed E-state index contributed by atoms with van der Waals surface area (Å²) >= 11 is 0. The summed E-state index contributed by atoms with van der Waals surface area (Å²) in [5.74, 6) is -0.179. The molecule has 174 valence electrons. The summed E-state index contributed by atoms with van der Waals surface area (Å²) in [5.41, 5.74) is 0. The number of carbonyl (C=O) groups is 1. The third kappa shape index (κ3) is 7.05. The third-order valence-corrected chi connectivity index (χ3v) is 6.18. The van der Waals surface area contributed by atoms with E-state index < -0.39 is 22.1 Å². The number of aromatic nitrogens is 2. The summed E-state index contributed by atoms with van der Waals surface area (Å²) in [6.07, 6.45) is -0.178.